The molecular formula is C20H27N3O4S2. The quantitative estimate of drug-likeness (QED) is 0.556. The van der Waals surface area contributed by atoms with Crippen LogP contribution in [0.3, 0.4) is 0 Å². The van der Waals surface area contributed by atoms with Crippen LogP contribution in [-0.2, 0) is 21.3 Å². The van der Waals surface area contributed by atoms with Gasteiger partial charge >= 0.3 is 0 Å². The molecule has 158 valence electrons. The first-order valence-electron chi connectivity index (χ1n) is 9.75. The molecule has 0 radical (unpaired) electrons. The lowest BCUT2D eigenvalue weighted by molar-refractivity contribution is 0.0372. The zero-order valence-corrected chi connectivity index (χ0v) is 17.9. The van der Waals surface area contributed by atoms with E-state index in [1.165, 1.54) is 23.5 Å². The fourth-order valence-corrected chi connectivity index (χ4v) is 4.78. The first kappa shape index (κ1) is 21.9. The molecule has 1 aromatic carbocycles. The Morgan fingerprint density at radius 1 is 1.10 bits per heavy atom. The van der Waals surface area contributed by atoms with Crippen LogP contribution in [0, 0.1) is 0 Å². The van der Waals surface area contributed by atoms with Gasteiger partial charge in [0.25, 0.3) is 5.91 Å². The molecule has 1 saturated heterocycles. The predicted octanol–water partition coefficient (Wildman–Crippen LogP) is 2.07. The number of nitrogens with zero attached hydrogens (tertiary/aromatic N) is 1. The van der Waals surface area contributed by atoms with Crippen LogP contribution in [0.1, 0.15) is 28.1 Å². The van der Waals surface area contributed by atoms with E-state index in [0.717, 1.165) is 50.6 Å². The Bertz CT molecular complexity index is 862. The number of carbonyl (C=O) groups is 1. The average Bonchev–Trinajstić information content (AvgIpc) is 3.27. The average molecular weight is 438 g/mol. The van der Waals surface area contributed by atoms with E-state index in [9.17, 15) is 13.2 Å². The molecule has 9 heteroatoms. The van der Waals surface area contributed by atoms with Crippen LogP contribution in [0.5, 0.6) is 0 Å². The number of morpholine rings is 1. The zero-order valence-electron chi connectivity index (χ0n) is 16.3. The van der Waals surface area contributed by atoms with Crippen molar-refractivity contribution in [3.63, 3.8) is 0 Å². The van der Waals surface area contributed by atoms with Gasteiger partial charge in [0.05, 0.1) is 18.1 Å². The van der Waals surface area contributed by atoms with Crippen molar-refractivity contribution in [2.24, 2.45) is 0 Å². The molecule has 7 nitrogen and oxygen atoms in total. The van der Waals surface area contributed by atoms with E-state index >= 15 is 0 Å². The lowest BCUT2D eigenvalue weighted by Gasteiger charge is -2.26. The summed E-state index contributed by atoms with van der Waals surface area (Å²) in [4.78, 5) is 15.7. The highest BCUT2D eigenvalue weighted by atomic mass is 32.2. The van der Waals surface area contributed by atoms with Gasteiger partial charge in [-0.15, -0.1) is 11.3 Å². The highest BCUT2D eigenvalue weighted by molar-refractivity contribution is 7.89. The fourth-order valence-electron chi connectivity index (χ4n) is 3.04. The van der Waals surface area contributed by atoms with Gasteiger partial charge in [0.15, 0.2) is 0 Å². The largest absolute Gasteiger partial charge is 0.379 e. The van der Waals surface area contributed by atoms with Gasteiger partial charge in [0, 0.05) is 36.6 Å². The van der Waals surface area contributed by atoms with Crippen LogP contribution in [0.25, 0.3) is 0 Å². The maximum atomic E-state index is 12.4. The Morgan fingerprint density at radius 2 is 1.86 bits per heavy atom. The van der Waals surface area contributed by atoms with Crippen molar-refractivity contribution >= 4 is 27.3 Å². The van der Waals surface area contributed by atoms with Crippen molar-refractivity contribution in [3.05, 3.63) is 52.2 Å². The number of ether oxygens (including phenoxy) is 1. The van der Waals surface area contributed by atoms with Crippen molar-refractivity contribution in [3.8, 4) is 0 Å². The third-order valence-electron chi connectivity index (χ3n) is 4.73. The Morgan fingerprint density at radius 3 is 2.55 bits per heavy atom. The lowest BCUT2D eigenvalue weighted by Crippen LogP contribution is -2.37. The van der Waals surface area contributed by atoms with Crippen molar-refractivity contribution in [1.29, 1.82) is 0 Å². The minimum Gasteiger partial charge on any atom is -0.379 e. The number of nitrogens with one attached hydrogen (secondary N) is 2. The van der Waals surface area contributed by atoms with Gasteiger partial charge < -0.3 is 10.1 Å². The molecule has 0 atom stereocenters. The summed E-state index contributed by atoms with van der Waals surface area (Å²) in [5.41, 5.74) is 0.454. The number of hydrogen-bond acceptors (Lipinski definition) is 6. The second kappa shape index (κ2) is 10.8. The summed E-state index contributed by atoms with van der Waals surface area (Å²) in [6, 6.07) is 9.77. The summed E-state index contributed by atoms with van der Waals surface area (Å²) in [5, 5.41) is 4.80. The Balaban J connectivity index is 1.40. The molecule has 29 heavy (non-hydrogen) atoms. The zero-order chi connectivity index (χ0) is 20.5. The number of hydrogen-bond donors (Lipinski definition) is 2. The highest BCUT2D eigenvalue weighted by Gasteiger charge is 2.15. The van der Waals surface area contributed by atoms with Crippen LogP contribution in [-0.4, -0.2) is 58.6 Å². The second-order valence-electron chi connectivity index (χ2n) is 6.85. The monoisotopic (exact) mass is 437 g/mol. The van der Waals surface area contributed by atoms with E-state index in [4.69, 9.17) is 4.74 Å². The first-order valence-corrected chi connectivity index (χ1v) is 12.1. The molecular weight excluding hydrogens is 410 g/mol. The van der Waals surface area contributed by atoms with E-state index in [1.807, 2.05) is 17.5 Å². The van der Waals surface area contributed by atoms with E-state index in [-0.39, 0.29) is 17.3 Å². The molecule has 0 saturated carbocycles. The fraction of sp³-hybridized carbons (Fsp3) is 0.450. The molecule has 1 aliphatic heterocycles. The minimum atomic E-state index is -3.60. The second-order valence-corrected chi connectivity index (χ2v) is 9.64. The first-order chi connectivity index (χ1) is 14.0. The highest BCUT2D eigenvalue weighted by Crippen LogP contribution is 2.13. The van der Waals surface area contributed by atoms with Crippen LogP contribution in [0.4, 0.5) is 0 Å². The standard InChI is InChI=1S/C20H27N3O4S2/c24-20(21-9-1-2-10-23-11-13-27-14-12-23)17-5-7-19(8-6-17)29(25,26)22-16-18-4-3-15-28-18/h3-8,15,22H,1-2,9-14,16H2,(H,21,24). The molecule has 1 amide bonds. The summed E-state index contributed by atoms with van der Waals surface area (Å²) in [6.07, 6.45) is 1.93. The molecule has 2 aromatic rings. The summed E-state index contributed by atoms with van der Waals surface area (Å²) >= 11 is 1.50. The third kappa shape index (κ3) is 6.90. The van der Waals surface area contributed by atoms with Gasteiger partial charge in [0.1, 0.15) is 0 Å². The number of benzene rings is 1. The molecule has 0 aliphatic carbocycles. The third-order valence-corrected chi connectivity index (χ3v) is 7.03. The molecule has 2 heterocycles. The number of unbranched alkanes of at least 4 members (excludes halogenated alkanes) is 1. The molecule has 2 N–H and O–H groups in total. The molecule has 1 aliphatic rings. The molecule has 0 spiro atoms. The normalized spacial score (nSPS) is 15.3. The smallest absolute Gasteiger partial charge is 0.251 e. The number of amides is 1. The number of thiophene rings is 1. The maximum Gasteiger partial charge on any atom is 0.251 e. The van der Waals surface area contributed by atoms with Crippen molar-refractivity contribution in [2.45, 2.75) is 24.3 Å². The van der Waals surface area contributed by atoms with Crippen molar-refractivity contribution in [2.75, 3.05) is 39.4 Å². The van der Waals surface area contributed by atoms with Crippen LogP contribution >= 0.6 is 11.3 Å². The van der Waals surface area contributed by atoms with Gasteiger partial charge in [-0.3, -0.25) is 9.69 Å². The van der Waals surface area contributed by atoms with E-state index in [0.29, 0.717) is 12.1 Å². The lowest BCUT2D eigenvalue weighted by atomic mass is 10.2. The maximum absolute atomic E-state index is 12.4. The van der Waals surface area contributed by atoms with Crippen molar-refractivity contribution < 1.29 is 17.9 Å². The molecule has 0 bridgehead atoms. The van der Waals surface area contributed by atoms with E-state index in [1.54, 1.807) is 12.1 Å². The van der Waals surface area contributed by atoms with Gasteiger partial charge in [-0.1, -0.05) is 6.07 Å². The number of sulfonamides is 1. The van der Waals surface area contributed by atoms with Gasteiger partial charge in [-0.25, -0.2) is 13.1 Å². The van der Waals surface area contributed by atoms with Gasteiger partial charge in [-0.2, -0.15) is 0 Å². The molecule has 0 unspecified atom stereocenters. The molecule has 3 rings (SSSR count). The van der Waals surface area contributed by atoms with E-state index in [2.05, 4.69) is 14.9 Å². The number of carbonyl (C=O) groups excluding carboxylic acids is 1. The number of rotatable bonds is 10. The SMILES string of the molecule is O=C(NCCCCN1CCOCC1)c1ccc(S(=O)(=O)NCc2cccs2)cc1. The minimum absolute atomic E-state index is 0.149. The summed E-state index contributed by atoms with van der Waals surface area (Å²) in [7, 11) is -3.60. The Kier molecular flexibility index (Phi) is 8.19. The van der Waals surface area contributed by atoms with E-state index < -0.39 is 10.0 Å². The summed E-state index contributed by atoms with van der Waals surface area (Å²) < 4.78 is 32.6. The van der Waals surface area contributed by atoms with Gasteiger partial charge in [-0.05, 0) is 55.1 Å². The Labute approximate surface area is 176 Å². The Hall–Kier alpha value is -1.78. The predicted molar refractivity (Wildman–Crippen MR) is 114 cm³/mol. The van der Waals surface area contributed by atoms with Crippen LogP contribution < -0.4 is 10.0 Å². The molecule has 1 aromatic heterocycles. The summed E-state index contributed by atoms with van der Waals surface area (Å²) in [6.45, 7) is 5.42. The van der Waals surface area contributed by atoms with Crippen LogP contribution in [0.15, 0.2) is 46.7 Å². The molecule has 1 fully saturated rings. The van der Waals surface area contributed by atoms with Crippen molar-refractivity contribution in [1.82, 2.24) is 14.9 Å². The van der Waals surface area contributed by atoms with Crippen LogP contribution in [0.2, 0.25) is 0 Å². The topological polar surface area (TPSA) is 87.7 Å². The summed E-state index contributed by atoms with van der Waals surface area (Å²) in [5.74, 6) is -0.188. The van der Waals surface area contributed by atoms with Gasteiger partial charge in [0.2, 0.25) is 10.0 Å².